The predicted molar refractivity (Wildman–Crippen MR) is 139 cm³/mol. The Kier molecular flexibility index (Phi) is 6.82. The number of nitrogens with zero attached hydrogens (tertiary/aromatic N) is 1. The molecule has 4 rings (SSSR count). The van der Waals surface area contributed by atoms with Crippen LogP contribution in [-0.2, 0) is 20.9 Å². The molecular weight excluding hydrogens is 438 g/mol. The van der Waals surface area contributed by atoms with Crippen molar-refractivity contribution in [3.8, 4) is 0 Å². The van der Waals surface area contributed by atoms with Crippen molar-refractivity contribution in [2.24, 2.45) is 0 Å². The number of anilines is 2. The zero-order valence-corrected chi connectivity index (χ0v) is 20.4. The molecule has 0 bridgehead atoms. The van der Waals surface area contributed by atoms with Crippen LogP contribution < -0.4 is 10.6 Å². The Bertz CT molecular complexity index is 1290. The molecule has 0 aromatic heterocycles. The largest absolute Gasteiger partial charge is 0.350 e. The van der Waals surface area contributed by atoms with Crippen molar-refractivity contribution in [1.82, 2.24) is 4.90 Å². The number of carbonyl (C=O) groups is 3. The average Bonchev–Trinajstić information content (AvgIpc) is 3.05. The molecule has 6 heteroatoms. The van der Waals surface area contributed by atoms with Crippen molar-refractivity contribution in [1.29, 1.82) is 0 Å². The van der Waals surface area contributed by atoms with Gasteiger partial charge < -0.3 is 10.6 Å². The maximum absolute atomic E-state index is 13.5. The maximum atomic E-state index is 13.5. The van der Waals surface area contributed by atoms with Crippen LogP contribution >= 0.6 is 0 Å². The van der Waals surface area contributed by atoms with Gasteiger partial charge in [0.1, 0.15) is 5.70 Å². The molecule has 0 spiro atoms. The molecule has 1 aliphatic rings. The highest BCUT2D eigenvalue weighted by atomic mass is 16.2. The van der Waals surface area contributed by atoms with Crippen LogP contribution in [0, 0.1) is 6.92 Å². The first kappa shape index (κ1) is 24.0. The molecule has 1 heterocycles. The minimum absolute atomic E-state index is 0.180. The van der Waals surface area contributed by atoms with Crippen LogP contribution in [0.5, 0.6) is 0 Å². The maximum Gasteiger partial charge on any atom is 0.278 e. The van der Waals surface area contributed by atoms with E-state index in [-0.39, 0.29) is 30.0 Å². The van der Waals surface area contributed by atoms with Gasteiger partial charge in [0.05, 0.1) is 12.1 Å². The van der Waals surface area contributed by atoms with E-state index in [1.54, 1.807) is 24.3 Å². The molecule has 0 fully saturated rings. The van der Waals surface area contributed by atoms with E-state index in [2.05, 4.69) is 24.5 Å². The summed E-state index contributed by atoms with van der Waals surface area (Å²) in [7, 11) is 0. The van der Waals surface area contributed by atoms with Gasteiger partial charge >= 0.3 is 0 Å². The van der Waals surface area contributed by atoms with Crippen molar-refractivity contribution < 1.29 is 14.4 Å². The number of rotatable bonds is 7. The lowest BCUT2D eigenvalue weighted by atomic mass is 10.0. The summed E-state index contributed by atoms with van der Waals surface area (Å²) in [5.41, 5.74) is 5.68. The number of aryl methyl sites for hydroxylation is 1. The lowest BCUT2D eigenvalue weighted by Crippen LogP contribution is -2.32. The van der Waals surface area contributed by atoms with Gasteiger partial charge in [-0.05, 0) is 53.8 Å². The number of amides is 3. The van der Waals surface area contributed by atoms with E-state index in [0.29, 0.717) is 22.7 Å². The van der Waals surface area contributed by atoms with Gasteiger partial charge in [-0.3, -0.25) is 19.3 Å². The summed E-state index contributed by atoms with van der Waals surface area (Å²) >= 11 is 0. The number of benzene rings is 3. The second-order valence-corrected chi connectivity index (χ2v) is 9.09. The van der Waals surface area contributed by atoms with E-state index in [1.165, 1.54) is 17.4 Å². The minimum Gasteiger partial charge on any atom is -0.350 e. The van der Waals surface area contributed by atoms with Crippen LogP contribution in [0.4, 0.5) is 11.4 Å². The summed E-state index contributed by atoms with van der Waals surface area (Å²) in [5.74, 6) is -0.519. The summed E-state index contributed by atoms with van der Waals surface area (Å²) in [5, 5.41) is 5.93. The van der Waals surface area contributed by atoms with E-state index < -0.39 is 0 Å². The van der Waals surface area contributed by atoms with Gasteiger partial charge in [-0.2, -0.15) is 0 Å². The van der Waals surface area contributed by atoms with Gasteiger partial charge in [0.25, 0.3) is 11.8 Å². The van der Waals surface area contributed by atoms with E-state index in [9.17, 15) is 14.4 Å². The van der Waals surface area contributed by atoms with E-state index in [1.807, 2.05) is 55.5 Å². The number of nitrogens with one attached hydrogen (secondary N) is 2. The minimum atomic E-state index is -0.371. The highest BCUT2D eigenvalue weighted by Gasteiger charge is 2.39. The Morgan fingerprint density at radius 2 is 1.43 bits per heavy atom. The first-order chi connectivity index (χ1) is 16.7. The third-order valence-corrected chi connectivity index (χ3v) is 5.97. The molecule has 3 aromatic rings. The van der Waals surface area contributed by atoms with E-state index in [0.717, 1.165) is 16.8 Å². The fraction of sp³-hybridized carbons (Fsp3) is 0.207. The van der Waals surface area contributed by atoms with Crippen molar-refractivity contribution in [2.75, 3.05) is 10.6 Å². The third-order valence-electron chi connectivity index (χ3n) is 5.97. The van der Waals surface area contributed by atoms with Crippen molar-refractivity contribution in [2.45, 2.75) is 40.2 Å². The van der Waals surface area contributed by atoms with Crippen LogP contribution in [0.15, 0.2) is 78.5 Å². The number of carbonyl (C=O) groups excluding carboxylic acids is 3. The normalized spacial score (nSPS) is 13.6. The molecule has 0 saturated heterocycles. The predicted octanol–water partition coefficient (Wildman–Crippen LogP) is 5.47. The first-order valence-electron chi connectivity index (χ1n) is 11.6. The lowest BCUT2D eigenvalue weighted by Gasteiger charge is -2.16. The molecule has 178 valence electrons. The Morgan fingerprint density at radius 3 is 2.00 bits per heavy atom. The zero-order chi connectivity index (χ0) is 25.1. The lowest BCUT2D eigenvalue weighted by molar-refractivity contribution is -0.137. The average molecular weight is 468 g/mol. The molecule has 0 saturated carbocycles. The summed E-state index contributed by atoms with van der Waals surface area (Å²) in [6.45, 7) is 7.85. The molecule has 0 atom stereocenters. The number of imide groups is 1. The van der Waals surface area contributed by atoms with Gasteiger partial charge in [0.2, 0.25) is 5.91 Å². The fourth-order valence-corrected chi connectivity index (χ4v) is 4.00. The molecule has 0 unspecified atom stereocenters. The third kappa shape index (κ3) is 5.32. The molecule has 0 radical (unpaired) electrons. The molecule has 3 amide bonds. The molecular formula is C29H29N3O3. The second-order valence-electron chi connectivity index (χ2n) is 9.09. The summed E-state index contributed by atoms with van der Waals surface area (Å²) < 4.78 is 0. The van der Waals surface area contributed by atoms with Crippen LogP contribution in [0.25, 0.3) is 5.57 Å². The summed E-state index contributed by atoms with van der Waals surface area (Å²) in [6.07, 6.45) is 0. The summed E-state index contributed by atoms with van der Waals surface area (Å²) in [4.78, 5) is 39.7. The van der Waals surface area contributed by atoms with Crippen molar-refractivity contribution in [3.63, 3.8) is 0 Å². The van der Waals surface area contributed by atoms with Gasteiger partial charge in [-0.1, -0.05) is 67.9 Å². The first-order valence-corrected chi connectivity index (χ1v) is 11.6. The molecule has 2 N–H and O–H groups in total. The SMILES string of the molecule is CC(=O)Nc1ccc(C2=C(Nc3ccc(C(C)C)cc3)C(=O)N(Cc3ccc(C)cc3)C2=O)cc1. The molecule has 0 aliphatic carbocycles. The molecule has 6 nitrogen and oxygen atoms in total. The monoisotopic (exact) mass is 467 g/mol. The van der Waals surface area contributed by atoms with Gasteiger partial charge in [0.15, 0.2) is 0 Å². The molecule has 35 heavy (non-hydrogen) atoms. The van der Waals surface area contributed by atoms with Crippen LogP contribution in [-0.4, -0.2) is 22.6 Å². The van der Waals surface area contributed by atoms with Crippen molar-refractivity contribution in [3.05, 3.63) is 101 Å². The molecule has 3 aromatic carbocycles. The van der Waals surface area contributed by atoms with Gasteiger partial charge in [0, 0.05) is 18.3 Å². The smallest absolute Gasteiger partial charge is 0.278 e. The highest BCUT2D eigenvalue weighted by molar-refractivity contribution is 6.36. The van der Waals surface area contributed by atoms with Crippen molar-refractivity contribution >= 4 is 34.7 Å². The van der Waals surface area contributed by atoms with Crippen LogP contribution in [0.3, 0.4) is 0 Å². The highest BCUT2D eigenvalue weighted by Crippen LogP contribution is 2.32. The van der Waals surface area contributed by atoms with E-state index >= 15 is 0 Å². The zero-order valence-electron chi connectivity index (χ0n) is 20.4. The standard InChI is InChI=1S/C29H29N3O3/c1-18(2)22-9-13-25(14-10-22)31-27-26(23-11-15-24(16-12-23)30-20(4)33)28(34)32(29(27)35)17-21-7-5-19(3)6-8-21/h5-16,18,31H,17H2,1-4H3,(H,30,33). The Hall–Kier alpha value is -4.19. The second kappa shape index (κ2) is 9.97. The van der Waals surface area contributed by atoms with Gasteiger partial charge in [-0.25, -0.2) is 0 Å². The van der Waals surface area contributed by atoms with Gasteiger partial charge in [-0.15, -0.1) is 0 Å². The summed E-state index contributed by atoms with van der Waals surface area (Å²) in [6, 6.07) is 22.6. The number of hydrogen-bond donors (Lipinski definition) is 2. The Labute approximate surface area is 205 Å². The number of hydrogen-bond acceptors (Lipinski definition) is 4. The van der Waals surface area contributed by atoms with Crippen LogP contribution in [0.2, 0.25) is 0 Å². The topological polar surface area (TPSA) is 78.5 Å². The Balaban J connectivity index is 1.70. The van der Waals surface area contributed by atoms with E-state index in [4.69, 9.17) is 0 Å². The fourth-order valence-electron chi connectivity index (χ4n) is 4.00. The van der Waals surface area contributed by atoms with Crippen LogP contribution in [0.1, 0.15) is 48.9 Å². The Morgan fingerprint density at radius 1 is 0.829 bits per heavy atom. The quantitative estimate of drug-likeness (QED) is 0.452. The molecule has 1 aliphatic heterocycles.